The molecule has 150 valence electrons. The van der Waals surface area contributed by atoms with Crippen molar-refractivity contribution >= 4 is 17.5 Å². The number of hydrogen-bond donors (Lipinski definition) is 3. The molecule has 0 fully saturated rings. The van der Waals surface area contributed by atoms with Crippen LogP contribution in [0.25, 0.3) is 11.3 Å². The SMILES string of the molecule is CC(C)c1cnn2c(NCc3ccccc3-n3cccn3)nc(NCCN)nc12. The lowest BCUT2D eigenvalue weighted by Gasteiger charge is -2.13. The molecule has 3 heterocycles. The van der Waals surface area contributed by atoms with Crippen LogP contribution in [0.1, 0.15) is 30.9 Å². The molecule has 0 saturated heterocycles. The summed E-state index contributed by atoms with van der Waals surface area (Å²) in [6.45, 7) is 5.92. The van der Waals surface area contributed by atoms with Gasteiger partial charge in [-0.05, 0) is 23.6 Å². The molecule has 0 aliphatic rings. The molecular formula is C20H25N9. The zero-order valence-corrected chi connectivity index (χ0v) is 16.6. The van der Waals surface area contributed by atoms with Crippen LogP contribution in [0.3, 0.4) is 0 Å². The lowest BCUT2D eigenvalue weighted by molar-refractivity contribution is 0.848. The van der Waals surface area contributed by atoms with E-state index in [0.717, 1.165) is 22.5 Å². The number of anilines is 2. The fourth-order valence-corrected chi connectivity index (χ4v) is 3.15. The van der Waals surface area contributed by atoms with E-state index in [1.165, 1.54) is 0 Å². The van der Waals surface area contributed by atoms with Gasteiger partial charge >= 0.3 is 0 Å². The maximum atomic E-state index is 5.62. The number of rotatable bonds is 8. The first-order valence-corrected chi connectivity index (χ1v) is 9.68. The molecule has 0 aliphatic carbocycles. The molecule has 0 saturated carbocycles. The minimum Gasteiger partial charge on any atom is -0.353 e. The van der Waals surface area contributed by atoms with Gasteiger partial charge in [-0.3, -0.25) is 0 Å². The van der Waals surface area contributed by atoms with Crippen molar-refractivity contribution < 1.29 is 0 Å². The van der Waals surface area contributed by atoms with Gasteiger partial charge < -0.3 is 16.4 Å². The second-order valence-electron chi connectivity index (χ2n) is 7.01. The van der Waals surface area contributed by atoms with E-state index in [4.69, 9.17) is 5.73 Å². The van der Waals surface area contributed by atoms with E-state index in [-0.39, 0.29) is 0 Å². The van der Waals surface area contributed by atoms with E-state index in [1.807, 2.05) is 41.3 Å². The van der Waals surface area contributed by atoms with Gasteiger partial charge in [-0.15, -0.1) is 0 Å². The summed E-state index contributed by atoms with van der Waals surface area (Å²) in [5, 5.41) is 15.4. The van der Waals surface area contributed by atoms with Crippen LogP contribution in [0, 0.1) is 0 Å². The van der Waals surface area contributed by atoms with Crippen molar-refractivity contribution in [1.82, 2.24) is 29.4 Å². The zero-order chi connectivity index (χ0) is 20.2. The van der Waals surface area contributed by atoms with Gasteiger partial charge in [-0.25, -0.2) is 4.68 Å². The Bertz CT molecular complexity index is 1080. The van der Waals surface area contributed by atoms with Crippen LogP contribution >= 0.6 is 0 Å². The summed E-state index contributed by atoms with van der Waals surface area (Å²) in [4.78, 5) is 9.24. The maximum Gasteiger partial charge on any atom is 0.229 e. The van der Waals surface area contributed by atoms with Gasteiger partial charge in [0.1, 0.15) is 0 Å². The lowest BCUT2D eigenvalue weighted by Crippen LogP contribution is -2.17. The Kier molecular flexibility index (Phi) is 5.39. The molecule has 4 rings (SSSR count). The largest absolute Gasteiger partial charge is 0.353 e. The Morgan fingerprint density at radius 1 is 1.07 bits per heavy atom. The summed E-state index contributed by atoms with van der Waals surface area (Å²) >= 11 is 0. The third-order valence-corrected chi connectivity index (χ3v) is 4.62. The third-order valence-electron chi connectivity index (χ3n) is 4.62. The normalized spacial score (nSPS) is 11.3. The number of nitrogens with two attached hydrogens (primary N) is 1. The highest BCUT2D eigenvalue weighted by molar-refractivity contribution is 5.56. The molecule has 29 heavy (non-hydrogen) atoms. The van der Waals surface area contributed by atoms with E-state index < -0.39 is 0 Å². The molecule has 9 heteroatoms. The molecule has 4 N–H and O–H groups in total. The molecule has 0 unspecified atom stereocenters. The quantitative estimate of drug-likeness (QED) is 0.423. The fraction of sp³-hybridized carbons (Fsp3) is 0.300. The second-order valence-corrected chi connectivity index (χ2v) is 7.01. The van der Waals surface area contributed by atoms with Crippen molar-refractivity contribution in [2.24, 2.45) is 5.73 Å². The first kappa shape index (κ1) is 18.9. The number of nitrogens with zero attached hydrogens (tertiary/aromatic N) is 6. The summed E-state index contributed by atoms with van der Waals surface area (Å²) < 4.78 is 3.60. The Hall–Kier alpha value is -3.46. The molecule has 0 radical (unpaired) electrons. The van der Waals surface area contributed by atoms with Crippen molar-refractivity contribution in [3.05, 3.63) is 60.0 Å². The van der Waals surface area contributed by atoms with Crippen LogP contribution in [0.4, 0.5) is 11.9 Å². The second kappa shape index (κ2) is 8.27. The Balaban J connectivity index is 1.68. The monoisotopic (exact) mass is 391 g/mol. The Labute approximate surface area is 169 Å². The van der Waals surface area contributed by atoms with Gasteiger partial charge in [0.05, 0.1) is 11.9 Å². The first-order chi connectivity index (χ1) is 14.2. The van der Waals surface area contributed by atoms with E-state index >= 15 is 0 Å². The van der Waals surface area contributed by atoms with Gasteiger partial charge in [-0.1, -0.05) is 32.0 Å². The van der Waals surface area contributed by atoms with E-state index in [9.17, 15) is 0 Å². The van der Waals surface area contributed by atoms with Crippen molar-refractivity contribution in [3.8, 4) is 5.69 Å². The van der Waals surface area contributed by atoms with Gasteiger partial charge in [0.15, 0.2) is 5.65 Å². The highest BCUT2D eigenvalue weighted by Crippen LogP contribution is 2.23. The van der Waals surface area contributed by atoms with E-state index in [0.29, 0.717) is 37.4 Å². The number of para-hydroxylation sites is 1. The zero-order valence-electron chi connectivity index (χ0n) is 16.6. The summed E-state index contributed by atoms with van der Waals surface area (Å²) in [6, 6.07) is 10.0. The van der Waals surface area contributed by atoms with Crippen LogP contribution in [-0.4, -0.2) is 42.5 Å². The number of aromatic nitrogens is 6. The topological polar surface area (TPSA) is 111 Å². The predicted molar refractivity (Wildman–Crippen MR) is 113 cm³/mol. The minimum absolute atomic E-state index is 0.304. The summed E-state index contributed by atoms with van der Waals surface area (Å²) in [6.07, 6.45) is 5.55. The van der Waals surface area contributed by atoms with Crippen molar-refractivity contribution in [2.75, 3.05) is 23.7 Å². The predicted octanol–water partition coefficient (Wildman–Crippen LogP) is 2.42. The molecule has 3 aromatic heterocycles. The van der Waals surface area contributed by atoms with Gasteiger partial charge in [0.25, 0.3) is 0 Å². The maximum absolute atomic E-state index is 5.62. The number of fused-ring (bicyclic) bond motifs is 1. The third kappa shape index (κ3) is 3.90. The molecule has 0 spiro atoms. The minimum atomic E-state index is 0.304. The molecular weight excluding hydrogens is 366 g/mol. The van der Waals surface area contributed by atoms with Crippen LogP contribution in [0.15, 0.2) is 48.9 Å². The fourth-order valence-electron chi connectivity index (χ4n) is 3.15. The van der Waals surface area contributed by atoms with Crippen LogP contribution in [0.5, 0.6) is 0 Å². The van der Waals surface area contributed by atoms with Crippen molar-refractivity contribution in [3.63, 3.8) is 0 Å². The highest BCUT2D eigenvalue weighted by atomic mass is 15.4. The Morgan fingerprint density at radius 3 is 2.69 bits per heavy atom. The van der Waals surface area contributed by atoms with Crippen LogP contribution in [-0.2, 0) is 6.54 Å². The molecule has 1 aromatic carbocycles. The number of nitrogens with one attached hydrogen (secondary N) is 2. The van der Waals surface area contributed by atoms with Gasteiger partial charge in [0.2, 0.25) is 11.9 Å². The Morgan fingerprint density at radius 2 is 1.93 bits per heavy atom. The molecule has 0 amide bonds. The molecule has 9 nitrogen and oxygen atoms in total. The number of hydrogen-bond acceptors (Lipinski definition) is 7. The summed E-state index contributed by atoms with van der Waals surface area (Å²) in [5.74, 6) is 1.46. The highest BCUT2D eigenvalue weighted by Gasteiger charge is 2.15. The molecule has 4 aromatic rings. The average molecular weight is 391 g/mol. The smallest absolute Gasteiger partial charge is 0.229 e. The van der Waals surface area contributed by atoms with Gasteiger partial charge in [0, 0.05) is 37.6 Å². The molecule has 0 aliphatic heterocycles. The van der Waals surface area contributed by atoms with Crippen molar-refractivity contribution in [2.45, 2.75) is 26.3 Å². The number of benzene rings is 1. The van der Waals surface area contributed by atoms with Crippen molar-refractivity contribution in [1.29, 1.82) is 0 Å². The first-order valence-electron chi connectivity index (χ1n) is 9.68. The summed E-state index contributed by atoms with van der Waals surface area (Å²) in [5.41, 5.74) is 9.59. The van der Waals surface area contributed by atoms with E-state index in [2.05, 4.69) is 50.7 Å². The standard InChI is InChI=1S/C20H25N9/c1-14(2)16-13-25-29-18(16)26-19(22-10-8-21)27-20(29)23-12-15-6-3-4-7-17(15)28-11-5-9-24-28/h3-7,9,11,13-14H,8,10,12,21H2,1-2H3,(H2,22,23,26,27). The van der Waals surface area contributed by atoms with Crippen LogP contribution in [0.2, 0.25) is 0 Å². The molecule has 0 atom stereocenters. The lowest BCUT2D eigenvalue weighted by atomic mass is 10.1. The van der Waals surface area contributed by atoms with Gasteiger partial charge in [-0.2, -0.15) is 24.7 Å². The van der Waals surface area contributed by atoms with Crippen LogP contribution < -0.4 is 16.4 Å². The van der Waals surface area contributed by atoms with E-state index in [1.54, 1.807) is 10.7 Å². The summed E-state index contributed by atoms with van der Waals surface area (Å²) in [7, 11) is 0. The molecule has 0 bridgehead atoms. The average Bonchev–Trinajstić information content (AvgIpc) is 3.40.